The fraction of sp³-hybridized carbons (Fsp3) is 0. The van der Waals surface area contributed by atoms with E-state index in [9.17, 15) is 4.39 Å². The average molecular weight is 133 g/mol. The van der Waals surface area contributed by atoms with Crippen molar-refractivity contribution < 1.29 is 4.39 Å². The van der Waals surface area contributed by atoms with Gasteiger partial charge in [-0.25, -0.2) is 4.39 Å². The van der Waals surface area contributed by atoms with Gasteiger partial charge in [0.05, 0.1) is 0 Å². The molecule has 1 aromatic rings. The molecule has 1 aliphatic carbocycles. The molecule has 0 nitrogen and oxygen atoms in total. The second kappa shape index (κ2) is 1.94. The van der Waals surface area contributed by atoms with E-state index in [0.717, 1.165) is 5.56 Å². The standard InChI is InChI=1S/C9H6F/c10-9-6-5-7-3-1-2-4-8(7)9/h1-6H. The smallest absolute Gasteiger partial charge is 0.127 e. The average Bonchev–Trinajstić information content (AvgIpc) is 2.34. The van der Waals surface area contributed by atoms with E-state index in [1.165, 1.54) is 6.08 Å². The first-order valence-electron chi connectivity index (χ1n) is 3.18. The summed E-state index contributed by atoms with van der Waals surface area (Å²) in [5.41, 5.74) is 1.68. The van der Waals surface area contributed by atoms with Crippen molar-refractivity contribution in [3.05, 3.63) is 47.9 Å². The van der Waals surface area contributed by atoms with Crippen LogP contribution < -0.4 is 0 Å². The molecule has 0 saturated heterocycles. The highest BCUT2D eigenvalue weighted by Crippen LogP contribution is 2.28. The molecule has 0 spiro atoms. The molecule has 0 aromatic heterocycles. The first-order valence-corrected chi connectivity index (χ1v) is 3.18. The van der Waals surface area contributed by atoms with Crippen LogP contribution in [0, 0.1) is 6.42 Å². The maximum Gasteiger partial charge on any atom is 0.127 e. The Hall–Kier alpha value is -1.11. The Morgan fingerprint density at radius 3 is 2.70 bits per heavy atom. The van der Waals surface area contributed by atoms with Gasteiger partial charge in [0.2, 0.25) is 0 Å². The highest BCUT2D eigenvalue weighted by atomic mass is 19.1. The van der Waals surface area contributed by atoms with Crippen molar-refractivity contribution in [1.29, 1.82) is 0 Å². The maximum absolute atomic E-state index is 12.7. The Morgan fingerprint density at radius 1 is 1.10 bits per heavy atom. The molecule has 0 atom stereocenters. The van der Waals surface area contributed by atoms with Crippen molar-refractivity contribution in [2.24, 2.45) is 0 Å². The summed E-state index contributed by atoms with van der Waals surface area (Å²) >= 11 is 0. The monoisotopic (exact) mass is 133 g/mol. The molecular formula is C9H6F. The van der Waals surface area contributed by atoms with Crippen LogP contribution in [0.4, 0.5) is 4.39 Å². The SMILES string of the molecule is FC1=C[CH]c2ccccc21. The van der Waals surface area contributed by atoms with E-state index >= 15 is 0 Å². The minimum absolute atomic E-state index is 0.129. The molecule has 0 saturated carbocycles. The van der Waals surface area contributed by atoms with Crippen LogP contribution in [0.25, 0.3) is 5.83 Å². The fourth-order valence-electron chi connectivity index (χ4n) is 1.11. The molecule has 0 unspecified atom stereocenters. The molecule has 0 N–H and O–H groups in total. The van der Waals surface area contributed by atoms with Gasteiger partial charge in [-0.15, -0.1) is 0 Å². The lowest BCUT2D eigenvalue weighted by Crippen LogP contribution is -1.77. The van der Waals surface area contributed by atoms with Crippen molar-refractivity contribution in [1.82, 2.24) is 0 Å². The van der Waals surface area contributed by atoms with Crippen LogP contribution in [0.3, 0.4) is 0 Å². The van der Waals surface area contributed by atoms with Gasteiger partial charge in [-0.2, -0.15) is 0 Å². The van der Waals surface area contributed by atoms with Crippen LogP contribution in [0.5, 0.6) is 0 Å². The van der Waals surface area contributed by atoms with Gasteiger partial charge in [0.25, 0.3) is 0 Å². The van der Waals surface area contributed by atoms with E-state index in [1.807, 2.05) is 18.2 Å². The second-order valence-electron chi connectivity index (χ2n) is 2.27. The minimum Gasteiger partial charge on any atom is -0.207 e. The van der Waals surface area contributed by atoms with Crippen LogP contribution in [0.1, 0.15) is 11.1 Å². The predicted octanol–water partition coefficient (Wildman–Crippen LogP) is 2.56. The number of rotatable bonds is 0. The van der Waals surface area contributed by atoms with Crippen LogP contribution in [-0.2, 0) is 0 Å². The Balaban J connectivity index is 2.61. The van der Waals surface area contributed by atoms with Crippen molar-refractivity contribution in [3.8, 4) is 0 Å². The molecule has 10 heavy (non-hydrogen) atoms. The van der Waals surface area contributed by atoms with Crippen LogP contribution in [0.15, 0.2) is 30.3 Å². The molecule has 0 fully saturated rings. The fourth-order valence-corrected chi connectivity index (χ4v) is 1.11. The lowest BCUT2D eigenvalue weighted by molar-refractivity contribution is 0.763. The summed E-state index contributed by atoms with van der Waals surface area (Å²) in [7, 11) is 0. The Bertz CT molecular complexity index is 287. The molecule has 0 amide bonds. The van der Waals surface area contributed by atoms with Gasteiger partial charge in [0, 0.05) is 12.0 Å². The first kappa shape index (κ1) is 5.66. The van der Waals surface area contributed by atoms with Crippen molar-refractivity contribution in [2.75, 3.05) is 0 Å². The van der Waals surface area contributed by atoms with Crippen molar-refractivity contribution in [2.45, 2.75) is 0 Å². The normalized spacial score (nSPS) is 14.7. The zero-order valence-electron chi connectivity index (χ0n) is 5.34. The van der Waals surface area contributed by atoms with Gasteiger partial charge in [0.15, 0.2) is 0 Å². The van der Waals surface area contributed by atoms with Crippen molar-refractivity contribution in [3.63, 3.8) is 0 Å². The molecule has 0 bridgehead atoms. The number of fused-ring (bicyclic) bond motifs is 1. The Labute approximate surface area is 59.0 Å². The van der Waals surface area contributed by atoms with Crippen LogP contribution >= 0.6 is 0 Å². The number of benzene rings is 1. The highest BCUT2D eigenvalue weighted by Gasteiger charge is 2.11. The third-order valence-corrected chi connectivity index (χ3v) is 1.63. The molecule has 1 aliphatic rings. The molecule has 2 rings (SSSR count). The zero-order chi connectivity index (χ0) is 6.97. The summed E-state index contributed by atoms with van der Waals surface area (Å²) in [5.74, 6) is -0.129. The van der Waals surface area contributed by atoms with Gasteiger partial charge in [-0.05, 0) is 11.6 Å². The lowest BCUT2D eigenvalue weighted by Gasteiger charge is -1.94. The zero-order valence-corrected chi connectivity index (χ0v) is 5.34. The largest absolute Gasteiger partial charge is 0.207 e. The minimum atomic E-state index is -0.129. The quantitative estimate of drug-likeness (QED) is 0.510. The molecular weight excluding hydrogens is 127 g/mol. The summed E-state index contributed by atoms with van der Waals surface area (Å²) in [6.45, 7) is 0. The van der Waals surface area contributed by atoms with Crippen molar-refractivity contribution >= 4 is 5.83 Å². The lowest BCUT2D eigenvalue weighted by atomic mass is 10.1. The van der Waals surface area contributed by atoms with Gasteiger partial charge in [-0.1, -0.05) is 24.3 Å². The van der Waals surface area contributed by atoms with Gasteiger partial charge in [-0.3, -0.25) is 0 Å². The van der Waals surface area contributed by atoms with Crippen LogP contribution in [-0.4, -0.2) is 0 Å². The molecule has 0 heterocycles. The number of hydrogen-bond donors (Lipinski definition) is 0. The molecule has 49 valence electrons. The van der Waals surface area contributed by atoms with E-state index in [1.54, 1.807) is 12.5 Å². The van der Waals surface area contributed by atoms with Gasteiger partial charge < -0.3 is 0 Å². The van der Waals surface area contributed by atoms with Gasteiger partial charge in [0.1, 0.15) is 5.83 Å². The van der Waals surface area contributed by atoms with Crippen LogP contribution in [0.2, 0.25) is 0 Å². The van der Waals surface area contributed by atoms with E-state index in [-0.39, 0.29) is 5.83 Å². The first-order chi connectivity index (χ1) is 4.88. The van der Waals surface area contributed by atoms with E-state index in [2.05, 4.69) is 0 Å². The molecule has 1 radical (unpaired) electrons. The Morgan fingerprint density at radius 2 is 1.90 bits per heavy atom. The number of halogens is 1. The number of allylic oxidation sites excluding steroid dienone is 1. The third-order valence-electron chi connectivity index (χ3n) is 1.63. The summed E-state index contributed by atoms with van der Waals surface area (Å²) in [6.07, 6.45) is 3.27. The summed E-state index contributed by atoms with van der Waals surface area (Å²) in [6, 6.07) is 7.43. The summed E-state index contributed by atoms with van der Waals surface area (Å²) in [5, 5.41) is 0. The van der Waals surface area contributed by atoms with E-state index in [0.29, 0.717) is 5.56 Å². The highest BCUT2D eigenvalue weighted by molar-refractivity contribution is 5.71. The van der Waals surface area contributed by atoms with Gasteiger partial charge >= 0.3 is 0 Å². The maximum atomic E-state index is 12.7. The Kier molecular flexibility index (Phi) is 1.10. The van der Waals surface area contributed by atoms with E-state index in [4.69, 9.17) is 0 Å². The summed E-state index contributed by atoms with van der Waals surface area (Å²) < 4.78 is 12.7. The molecule has 1 heteroatoms. The molecule has 1 aromatic carbocycles. The summed E-state index contributed by atoms with van der Waals surface area (Å²) in [4.78, 5) is 0. The second-order valence-corrected chi connectivity index (χ2v) is 2.27. The van der Waals surface area contributed by atoms with E-state index < -0.39 is 0 Å². The topological polar surface area (TPSA) is 0 Å². The predicted molar refractivity (Wildman–Crippen MR) is 38.9 cm³/mol. The number of hydrogen-bond acceptors (Lipinski definition) is 0. The third kappa shape index (κ3) is 0.670. The molecule has 0 aliphatic heterocycles.